The van der Waals surface area contributed by atoms with Crippen LogP contribution in [0.5, 0.6) is 0 Å². The second-order valence-electron chi connectivity index (χ2n) is 6.22. The lowest BCUT2D eigenvalue weighted by molar-refractivity contribution is -0.384. The summed E-state index contributed by atoms with van der Waals surface area (Å²) in [4.78, 5) is 47.6. The van der Waals surface area contributed by atoms with Crippen molar-refractivity contribution in [1.29, 1.82) is 0 Å². The third-order valence-electron chi connectivity index (χ3n) is 4.38. The number of rotatable bonds is 8. The average Bonchev–Trinajstić information content (AvgIpc) is 2.75. The normalized spacial score (nSPS) is 12.4. The van der Waals surface area contributed by atoms with Crippen LogP contribution in [-0.4, -0.2) is 43.0 Å². The molecule has 2 aromatic carbocycles. The standard InChI is InChI=1S/C20H19BrN2O7/c1-29-17(24)11-16(12-6-8-15(9-7-12)23(27)28)18(20(26)30-2)22-19(25)13-4-3-5-14(21)10-13/h3-10,16,18H,11H2,1-2H3,(H,22,25)/t16-,18+/m1/s1. The molecule has 0 aliphatic carbocycles. The molecule has 158 valence electrons. The van der Waals surface area contributed by atoms with E-state index in [1.54, 1.807) is 24.3 Å². The highest BCUT2D eigenvalue weighted by Crippen LogP contribution is 2.27. The summed E-state index contributed by atoms with van der Waals surface area (Å²) >= 11 is 3.28. The van der Waals surface area contributed by atoms with Crippen LogP contribution in [0, 0.1) is 10.1 Å². The number of amides is 1. The van der Waals surface area contributed by atoms with Gasteiger partial charge in [-0.25, -0.2) is 4.79 Å². The fourth-order valence-electron chi connectivity index (χ4n) is 2.84. The minimum Gasteiger partial charge on any atom is -0.469 e. The number of hydrogen-bond acceptors (Lipinski definition) is 7. The van der Waals surface area contributed by atoms with Crippen LogP contribution >= 0.6 is 15.9 Å². The zero-order valence-corrected chi connectivity index (χ0v) is 17.7. The minimum atomic E-state index is -1.23. The first kappa shape index (κ1) is 23.0. The molecule has 0 aromatic heterocycles. The summed E-state index contributed by atoms with van der Waals surface area (Å²) in [5, 5.41) is 13.5. The van der Waals surface area contributed by atoms with Gasteiger partial charge in [0.05, 0.1) is 25.6 Å². The highest BCUT2D eigenvalue weighted by atomic mass is 79.9. The fourth-order valence-corrected chi connectivity index (χ4v) is 3.24. The van der Waals surface area contributed by atoms with Crippen LogP contribution in [0.25, 0.3) is 0 Å². The molecular weight excluding hydrogens is 460 g/mol. The van der Waals surface area contributed by atoms with E-state index in [2.05, 4.69) is 21.2 Å². The summed E-state index contributed by atoms with van der Waals surface area (Å²) in [7, 11) is 2.36. The number of methoxy groups -OCH3 is 2. The smallest absolute Gasteiger partial charge is 0.329 e. The Bertz CT molecular complexity index is 946. The van der Waals surface area contributed by atoms with Gasteiger partial charge in [-0.3, -0.25) is 19.7 Å². The summed E-state index contributed by atoms with van der Waals surface area (Å²) in [6, 6.07) is 10.7. The summed E-state index contributed by atoms with van der Waals surface area (Å²) in [6.07, 6.45) is -0.257. The van der Waals surface area contributed by atoms with Gasteiger partial charge in [-0.15, -0.1) is 0 Å². The van der Waals surface area contributed by atoms with Crippen molar-refractivity contribution in [3.05, 3.63) is 74.2 Å². The number of benzene rings is 2. The predicted molar refractivity (Wildman–Crippen MR) is 110 cm³/mol. The van der Waals surface area contributed by atoms with Gasteiger partial charge in [-0.2, -0.15) is 0 Å². The molecule has 0 heterocycles. The SMILES string of the molecule is COC(=O)C[C@H](c1ccc([N+](=O)[O-])cc1)[C@H](NC(=O)c1cccc(Br)c1)C(=O)OC. The molecule has 30 heavy (non-hydrogen) atoms. The molecule has 2 aromatic rings. The first-order valence-electron chi connectivity index (χ1n) is 8.72. The molecule has 2 atom stereocenters. The molecule has 9 nitrogen and oxygen atoms in total. The molecule has 1 N–H and O–H groups in total. The van der Waals surface area contributed by atoms with Gasteiger partial charge in [0.1, 0.15) is 6.04 Å². The van der Waals surface area contributed by atoms with E-state index in [1.165, 1.54) is 31.4 Å². The van der Waals surface area contributed by atoms with Gasteiger partial charge in [0.2, 0.25) is 0 Å². The molecule has 10 heteroatoms. The van der Waals surface area contributed by atoms with E-state index in [1.807, 2.05) is 0 Å². The Balaban J connectivity index is 2.42. The summed E-state index contributed by atoms with van der Waals surface area (Å²) < 4.78 is 10.2. The fraction of sp³-hybridized carbons (Fsp3) is 0.250. The van der Waals surface area contributed by atoms with Gasteiger partial charge in [0, 0.05) is 28.1 Å². The van der Waals surface area contributed by atoms with Crippen LogP contribution in [-0.2, 0) is 19.1 Å². The Morgan fingerprint density at radius 1 is 1.10 bits per heavy atom. The lowest BCUT2D eigenvalue weighted by Crippen LogP contribution is -2.46. The third kappa shape index (κ3) is 5.86. The van der Waals surface area contributed by atoms with Crippen molar-refractivity contribution in [2.75, 3.05) is 14.2 Å². The van der Waals surface area contributed by atoms with Crippen LogP contribution in [0.2, 0.25) is 0 Å². The molecule has 0 aliphatic rings. The second-order valence-corrected chi connectivity index (χ2v) is 7.14. The molecule has 0 bridgehead atoms. The van der Waals surface area contributed by atoms with Crippen molar-refractivity contribution in [1.82, 2.24) is 5.32 Å². The van der Waals surface area contributed by atoms with Crippen molar-refractivity contribution in [3.63, 3.8) is 0 Å². The molecule has 2 rings (SSSR count). The third-order valence-corrected chi connectivity index (χ3v) is 4.87. The van der Waals surface area contributed by atoms with Crippen LogP contribution in [0.1, 0.15) is 28.3 Å². The molecule has 0 aliphatic heterocycles. The molecule has 0 saturated heterocycles. The number of nitrogens with one attached hydrogen (secondary N) is 1. The van der Waals surface area contributed by atoms with Crippen molar-refractivity contribution in [2.45, 2.75) is 18.4 Å². The van der Waals surface area contributed by atoms with Crippen molar-refractivity contribution in [3.8, 4) is 0 Å². The highest BCUT2D eigenvalue weighted by molar-refractivity contribution is 9.10. The summed E-state index contributed by atoms with van der Waals surface area (Å²) in [6.45, 7) is 0. The lowest BCUT2D eigenvalue weighted by Gasteiger charge is -2.26. The molecule has 1 amide bonds. The predicted octanol–water partition coefficient (Wildman–Crippen LogP) is 2.98. The quantitative estimate of drug-likeness (QED) is 0.351. The van der Waals surface area contributed by atoms with E-state index in [9.17, 15) is 24.5 Å². The molecule has 0 fully saturated rings. The van der Waals surface area contributed by atoms with E-state index in [0.717, 1.165) is 7.11 Å². The van der Waals surface area contributed by atoms with Crippen LogP contribution < -0.4 is 5.32 Å². The number of carbonyl (C=O) groups excluding carboxylic acids is 3. The molecule has 0 spiro atoms. The monoisotopic (exact) mass is 478 g/mol. The number of nitro benzene ring substituents is 1. The van der Waals surface area contributed by atoms with Gasteiger partial charge < -0.3 is 14.8 Å². The zero-order valence-electron chi connectivity index (χ0n) is 16.2. The maximum absolute atomic E-state index is 12.7. The molecular formula is C20H19BrN2O7. The Morgan fingerprint density at radius 3 is 2.30 bits per heavy atom. The number of nitro groups is 1. The van der Waals surface area contributed by atoms with Gasteiger partial charge >= 0.3 is 11.9 Å². The van der Waals surface area contributed by atoms with E-state index in [0.29, 0.717) is 15.6 Å². The Kier molecular flexibility index (Phi) is 8.05. The average molecular weight is 479 g/mol. The topological polar surface area (TPSA) is 125 Å². The van der Waals surface area contributed by atoms with Gasteiger partial charge in [0.25, 0.3) is 11.6 Å². The maximum atomic E-state index is 12.7. The lowest BCUT2D eigenvalue weighted by atomic mass is 9.88. The first-order chi connectivity index (χ1) is 14.3. The summed E-state index contributed by atoms with van der Waals surface area (Å²) in [5.74, 6) is -2.82. The first-order valence-corrected chi connectivity index (χ1v) is 9.51. The summed E-state index contributed by atoms with van der Waals surface area (Å²) in [5.41, 5.74) is 0.568. The van der Waals surface area contributed by atoms with Crippen molar-refractivity contribution in [2.24, 2.45) is 0 Å². The number of non-ortho nitro benzene ring substituents is 1. The minimum absolute atomic E-state index is 0.150. The Morgan fingerprint density at radius 2 is 1.77 bits per heavy atom. The molecule has 0 saturated carbocycles. The Hall–Kier alpha value is -3.27. The molecule has 0 radical (unpaired) electrons. The van der Waals surface area contributed by atoms with E-state index < -0.39 is 34.7 Å². The van der Waals surface area contributed by atoms with E-state index in [4.69, 9.17) is 9.47 Å². The number of ether oxygens (including phenoxy) is 2. The number of hydrogen-bond donors (Lipinski definition) is 1. The van der Waals surface area contributed by atoms with Crippen molar-refractivity contribution < 1.29 is 28.8 Å². The molecule has 0 unspecified atom stereocenters. The maximum Gasteiger partial charge on any atom is 0.329 e. The Labute approximate surface area is 180 Å². The largest absolute Gasteiger partial charge is 0.469 e. The van der Waals surface area contributed by atoms with E-state index in [-0.39, 0.29) is 12.1 Å². The van der Waals surface area contributed by atoms with E-state index >= 15 is 0 Å². The van der Waals surface area contributed by atoms with Gasteiger partial charge in [-0.05, 0) is 23.8 Å². The van der Waals surface area contributed by atoms with Gasteiger partial charge in [-0.1, -0.05) is 34.1 Å². The van der Waals surface area contributed by atoms with Crippen molar-refractivity contribution >= 4 is 39.5 Å². The zero-order chi connectivity index (χ0) is 22.3. The van der Waals surface area contributed by atoms with Crippen LogP contribution in [0.15, 0.2) is 53.0 Å². The number of halogens is 1. The van der Waals surface area contributed by atoms with Crippen LogP contribution in [0.3, 0.4) is 0 Å². The highest BCUT2D eigenvalue weighted by Gasteiger charge is 2.34. The second kappa shape index (κ2) is 10.5. The number of esters is 2. The van der Waals surface area contributed by atoms with Gasteiger partial charge in [0.15, 0.2) is 0 Å². The number of nitrogens with zero attached hydrogens (tertiary/aromatic N) is 1. The number of carbonyl (C=O) groups is 3. The van der Waals surface area contributed by atoms with Crippen LogP contribution in [0.4, 0.5) is 5.69 Å².